The van der Waals surface area contributed by atoms with Gasteiger partial charge >= 0.3 is 0 Å². The van der Waals surface area contributed by atoms with Gasteiger partial charge in [0.25, 0.3) is 0 Å². The van der Waals surface area contributed by atoms with Crippen molar-refractivity contribution < 1.29 is 9.47 Å². The highest BCUT2D eigenvalue weighted by Gasteiger charge is 2.12. The largest absolute Gasteiger partial charge is 0.495 e. The summed E-state index contributed by atoms with van der Waals surface area (Å²) in [5.74, 6) is 1.05. The summed E-state index contributed by atoms with van der Waals surface area (Å²) in [6, 6.07) is 6.63. The number of nitrogens with zero attached hydrogens (tertiary/aromatic N) is 1. The molecule has 0 saturated carbocycles. The molecule has 0 radical (unpaired) electrons. The summed E-state index contributed by atoms with van der Waals surface area (Å²) in [5.41, 5.74) is 0.229. The number of ether oxygens (including phenoxy) is 2. The van der Waals surface area contributed by atoms with E-state index in [4.69, 9.17) is 50.2 Å². The third-order valence-electron chi connectivity index (χ3n) is 2.46. The van der Waals surface area contributed by atoms with Crippen LogP contribution in [0.5, 0.6) is 17.2 Å². The van der Waals surface area contributed by atoms with Crippen LogP contribution in [-0.4, -0.2) is 12.1 Å². The van der Waals surface area contributed by atoms with E-state index in [1.165, 1.54) is 13.2 Å². The van der Waals surface area contributed by atoms with Gasteiger partial charge in [0.05, 0.1) is 17.2 Å². The third-order valence-corrected chi connectivity index (χ3v) is 3.37. The maximum Gasteiger partial charge on any atom is 0.149 e. The van der Waals surface area contributed by atoms with E-state index in [9.17, 15) is 0 Å². The van der Waals surface area contributed by atoms with Gasteiger partial charge in [-0.2, -0.15) is 5.26 Å². The van der Waals surface area contributed by atoms with Crippen molar-refractivity contribution in [3.05, 3.63) is 44.6 Å². The van der Waals surface area contributed by atoms with Gasteiger partial charge in [-0.1, -0.05) is 35.4 Å². The standard InChI is InChI=1S/C13H8Cl2N2O2S/c1-18-11-5-12(9(15)4-8(11)14)19-10-2-3-17-13(20)7(10)6-16/h2-5H,1H3,(H,17,20). The van der Waals surface area contributed by atoms with Gasteiger partial charge in [0.1, 0.15) is 33.5 Å². The van der Waals surface area contributed by atoms with E-state index in [1.807, 2.05) is 6.07 Å². The molecule has 0 bridgehead atoms. The van der Waals surface area contributed by atoms with E-state index in [-0.39, 0.29) is 5.56 Å². The molecule has 1 heterocycles. The van der Waals surface area contributed by atoms with Crippen LogP contribution < -0.4 is 9.47 Å². The molecular formula is C13H8Cl2N2O2S. The zero-order valence-corrected chi connectivity index (χ0v) is 12.6. The summed E-state index contributed by atoms with van der Waals surface area (Å²) in [4.78, 5) is 2.76. The lowest BCUT2D eigenvalue weighted by atomic mass is 10.2. The minimum atomic E-state index is 0.229. The number of aromatic amines is 1. The first kappa shape index (κ1) is 14.7. The van der Waals surface area contributed by atoms with Gasteiger partial charge in [0, 0.05) is 12.3 Å². The zero-order chi connectivity index (χ0) is 14.7. The highest BCUT2D eigenvalue weighted by molar-refractivity contribution is 7.71. The number of hydrogen-bond acceptors (Lipinski definition) is 4. The molecule has 0 spiro atoms. The molecule has 0 aliphatic carbocycles. The molecule has 0 amide bonds. The molecule has 1 N–H and O–H groups in total. The number of benzene rings is 1. The summed E-state index contributed by atoms with van der Waals surface area (Å²) < 4.78 is 11.0. The topological polar surface area (TPSA) is 58.0 Å². The number of aromatic nitrogens is 1. The molecule has 0 unspecified atom stereocenters. The Bertz CT molecular complexity index is 753. The van der Waals surface area contributed by atoms with Crippen LogP contribution in [0.1, 0.15) is 5.56 Å². The fourth-order valence-electron chi connectivity index (χ4n) is 1.51. The number of pyridine rings is 1. The number of methoxy groups -OCH3 is 1. The number of H-pyrrole nitrogens is 1. The van der Waals surface area contributed by atoms with Gasteiger partial charge in [0.15, 0.2) is 0 Å². The summed E-state index contributed by atoms with van der Waals surface area (Å²) in [6.45, 7) is 0. The molecule has 1 aromatic carbocycles. The van der Waals surface area contributed by atoms with Crippen LogP contribution >= 0.6 is 35.4 Å². The molecule has 2 aromatic rings. The van der Waals surface area contributed by atoms with Crippen molar-refractivity contribution in [1.82, 2.24) is 4.98 Å². The van der Waals surface area contributed by atoms with Crippen molar-refractivity contribution in [2.24, 2.45) is 0 Å². The van der Waals surface area contributed by atoms with Gasteiger partial charge < -0.3 is 14.5 Å². The fourth-order valence-corrected chi connectivity index (χ4v) is 2.23. The second-order valence-corrected chi connectivity index (χ2v) is 4.90. The Morgan fingerprint density at radius 1 is 1.20 bits per heavy atom. The van der Waals surface area contributed by atoms with Crippen LogP contribution in [-0.2, 0) is 0 Å². The Kier molecular flexibility index (Phi) is 4.50. The van der Waals surface area contributed by atoms with Crippen LogP contribution in [0.2, 0.25) is 10.0 Å². The Balaban J connectivity index is 2.48. The summed E-state index contributed by atoms with van der Waals surface area (Å²) in [7, 11) is 1.48. The van der Waals surface area contributed by atoms with Crippen molar-refractivity contribution in [3.8, 4) is 23.3 Å². The fraction of sp³-hybridized carbons (Fsp3) is 0.0769. The Hall–Kier alpha value is -1.74. The maximum atomic E-state index is 9.10. The van der Waals surface area contributed by atoms with Crippen molar-refractivity contribution in [2.75, 3.05) is 7.11 Å². The van der Waals surface area contributed by atoms with Gasteiger partial charge in [-0.15, -0.1) is 0 Å². The molecule has 0 fully saturated rings. The second kappa shape index (κ2) is 6.14. The predicted molar refractivity (Wildman–Crippen MR) is 79.4 cm³/mol. The molecule has 2 rings (SSSR count). The minimum absolute atomic E-state index is 0.229. The van der Waals surface area contributed by atoms with Crippen LogP contribution in [0, 0.1) is 16.0 Å². The lowest BCUT2D eigenvalue weighted by Gasteiger charge is -2.11. The molecule has 4 nitrogen and oxygen atoms in total. The highest BCUT2D eigenvalue weighted by atomic mass is 35.5. The van der Waals surface area contributed by atoms with E-state index < -0.39 is 0 Å². The van der Waals surface area contributed by atoms with Gasteiger partial charge in [-0.3, -0.25) is 0 Å². The van der Waals surface area contributed by atoms with Crippen molar-refractivity contribution in [2.45, 2.75) is 0 Å². The van der Waals surface area contributed by atoms with E-state index in [1.54, 1.807) is 18.3 Å². The monoisotopic (exact) mass is 326 g/mol. The van der Waals surface area contributed by atoms with Crippen molar-refractivity contribution in [1.29, 1.82) is 5.26 Å². The van der Waals surface area contributed by atoms with Crippen LogP contribution in [0.3, 0.4) is 0 Å². The first-order valence-electron chi connectivity index (χ1n) is 5.39. The van der Waals surface area contributed by atoms with E-state index in [0.717, 1.165) is 0 Å². The third kappa shape index (κ3) is 2.88. The number of halogens is 2. The smallest absolute Gasteiger partial charge is 0.149 e. The van der Waals surface area contributed by atoms with Crippen molar-refractivity contribution in [3.63, 3.8) is 0 Å². The lowest BCUT2D eigenvalue weighted by Crippen LogP contribution is -1.93. The van der Waals surface area contributed by atoms with Crippen LogP contribution in [0.25, 0.3) is 0 Å². The predicted octanol–water partition coefficient (Wildman–Crippen LogP) is 4.72. The lowest BCUT2D eigenvalue weighted by molar-refractivity contribution is 0.409. The Morgan fingerprint density at radius 2 is 1.90 bits per heavy atom. The highest BCUT2D eigenvalue weighted by Crippen LogP contribution is 2.38. The Labute approximate surface area is 130 Å². The molecule has 0 aliphatic heterocycles. The van der Waals surface area contributed by atoms with E-state index in [2.05, 4.69) is 4.98 Å². The first-order chi connectivity index (χ1) is 9.56. The molecule has 0 aliphatic rings. The van der Waals surface area contributed by atoms with Gasteiger partial charge in [-0.05, 0) is 12.1 Å². The average molecular weight is 327 g/mol. The summed E-state index contributed by atoms with van der Waals surface area (Å²) in [5, 5.41) is 9.77. The summed E-state index contributed by atoms with van der Waals surface area (Å²) in [6.07, 6.45) is 1.58. The molecular weight excluding hydrogens is 319 g/mol. The average Bonchev–Trinajstić information content (AvgIpc) is 2.42. The Morgan fingerprint density at radius 3 is 2.55 bits per heavy atom. The molecule has 0 atom stereocenters. The molecule has 7 heteroatoms. The number of nitrogens with one attached hydrogen (secondary N) is 1. The number of rotatable bonds is 3. The van der Waals surface area contributed by atoms with Gasteiger partial charge in [0.2, 0.25) is 0 Å². The minimum Gasteiger partial charge on any atom is -0.495 e. The van der Waals surface area contributed by atoms with E-state index in [0.29, 0.717) is 31.9 Å². The van der Waals surface area contributed by atoms with Crippen LogP contribution in [0.4, 0.5) is 0 Å². The molecule has 1 aromatic heterocycles. The molecule has 0 saturated heterocycles. The van der Waals surface area contributed by atoms with Gasteiger partial charge in [-0.25, -0.2) is 0 Å². The van der Waals surface area contributed by atoms with Crippen LogP contribution in [0.15, 0.2) is 24.4 Å². The SMILES string of the molecule is COc1cc(Oc2cc[nH]c(=S)c2C#N)c(Cl)cc1Cl. The zero-order valence-electron chi connectivity index (χ0n) is 10.2. The number of nitriles is 1. The van der Waals surface area contributed by atoms with E-state index >= 15 is 0 Å². The molecule has 20 heavy (non-hydrogen) atoms. The first-order valence-corrected chi connectivity index (χ1v) is 6.56. The second-order valence-electron chi connectivity index (χ2n) is 3.68. The molecule has 102 valence electrons. The normalized spacial score (nSPS) is 9.90. The maximum absolute atomic E-state index is 9.10. The van der Waals surface area contributed by atoms with Crippen molar-refractivity contribution >= 4 is 35.4 Å². The summed E-state index contributed by atoms with van der Waals surface area (Å²) >= 11 is 17.0. The number of hydrogen-bond donors (Lipinski definition) is 1. The quantitative estimate of drug-likeness (QED) is 0.829.